The first-order valence-corrected chi connectivity index (χ1v) is 4.66. The van der Waals surface area contributed by atoms with E-state index in [2.05, 4.69) is 0 Å². The van der Waals surface area contributed by atoms with Crippen molar-refractivity contribution in [3.63, 3.8) is 0 Å². The van der Waals surface area contributed by atoms with E-state index in [4.69, 9.17) is 27.2 Å². The SMILES string of the molecule is [2H]C([2H])([2H])C1(C([2H])([2H])[2H])O[C@@H]2[C@@H](O)[C@H](OC)O[C@H](C)[C@@H]2O1. The predicted octanol–water partition coefficient (Wildman–Crippen LogP) is 0.259. The number of aliphatic hydroxyl groups is 1. The van der Waals surface area contributed by atoms with Crippen molar-refractivity contribution < 1.29 is 32.3 Å². The van der Waals surface area contributed by atoms with Crippen molar-refractivity contribution in [2.45, 2.75) is 57.1 Å². The van der Waals surface area contributed by atoms with Crippen molar-refractivity contribution in [3.8, 4) is 0 Å². The van der Waals surface area contributed by atoms with Gasteiger partial charge in [-0.2, -0.15) is 0 Å². The van der Waals surface area contributed by atoms with E-state index in [-0.39, 0.29) is 0 Å². The van der Waals surface area contributed by atoms with Crippen LogP contribution in [0.1, 0.15) is 28.9 Å². The molecule has 5 atom stereocenters. The third kappa shape index (κ3) is 1.90. The average Bonchev–Trinajstić information content (AvgIpc) is 2.75. The standard InChI is InChI=1S/C10H18O5/c1-5-7-8(15-10(2,3)14-7)6(11)9(12-4)13-5/h5-9,11H,1-4H3/t5-,6-,7+,8-,9-/m1/s1/i2D3,3D3. The van der Waals surface area contributed by atoms with E-state index in [0.29, 0.717) is 0 Å². The van der Waals surface area contributed by atoms with Gasteiger partial charge in [-0.3, -0.25) is 0 Å². The van der Waals surface area contributed by atoms with Gasteiger partial charge in [-0.1, -0.05) is 0 Å². The van der Waals surface area contributed by atoms with E-state index < -0.39 is 50.2 Å². The van der Waals surface area contributed by atoms with Crippen molar-refractivity contribution in [2.24, 2.45) is 0 Å². The summed E-state index contributed by atoms with van der Waals surface area (Å²) in [6.07, 6.45) is -5.29. The molecule has 5 heteroatoms. The second kappa shape index (κ2) is 3.68. The number of aliphatic hydroxyl groups excluding tert-OH is 1. The maximum Gasteiger partial charge on any atom is 0.186 e. The Balaban J connectivity index is 2.39. The van der Waals surface area contributed by atoms with Crippen LogP contribution in [0.4, 0.5) is 0 Å². The number of fused-ring (bicyclic) bond motifs is 1. The van der Waals surface area contributed by atoms with Gasteiger partial charge in [0.2, 0.25) is 0 Å². The predicted molar refractivity (Wildman–Crippen MR) is 51.2 cm³/mol. The highest BCUT2D eigenvalue weighted by molar-refractivity contribution is 4.94. The summed E-state index contributed by atoms with van der Waals surface area (Å²) >= 11 is 0. The quantitative estimate of drug-likeness (QED) is 0.692. The van der Waals surface area contributed by atoms with E-state index in [1.54, 1.807) is 6.92 Å². The minimum atomic E-state index is -3.06. The number of rotatable bonds is 1. The Hall–Kier alpha value is -0.200. The van der Waals surface area contributed by atoms with E-state index in [0.717, 1.165) is 0 Å². The summed E-state index contributed by atoms with van der Waals surface area (Å²) in [7, 11) is 1.30. The first-order valence-electron chi connectivity index (χ1n) is 7.66. The molecule has 2 aliphatic rings. The minimum Gasteiger partial charge on any atom is -0.385 e. The van der Waals surface area contributed by atoms with Gasteiger partial charge >= 0.3 is 0 Å². The smallest absolute Gasteiger partial charge is 0.186 e. The van der Waals surface area contributed by atoms with Crippen LogP contribution in [0.3, 0.4) is 0 Å². The Bertz CT molecular complexity index is 382. The highest BCUT2D eigenvalue weighted by Crippen LogP contribution is 2.37. The molecule has 1 N–H and O–H groups in total. The molecule has 5 nitrogen and oxygen atoms in total. The molecule has 0 saturated carbocycles. The molecule has 2 rings (SSSR count). The van der Waals surface area contributed by atoms with E-state index in [1.807, 2.05) is 0 Å². The fraction of sp³-hybridized carbons (Fsp3) is 1.00. The molecule has 88 valence electrons. The Kier molecular flexibility index (Phi) is 1.45. The van der Waals surface area contributed by atoms with Crippen LogP contribution in [0.2, 0.25) is 0 Å². The van der Waals surface area contributed by atoms with Gasteiger partial charge in [0.1, 0.15) is 18.3 Å². The van der Waals surface area contributed by atoms with Gasteiger partial charge in [-0.15, -0.1) is 0 Å². The van der Waals surface area contributed by atoms with Crippen LogP contribution in [0, 0.1) is 0 Å². The van der Waals surface area contributed by atoms with Gasteiger partial charge in [-0.25, -0.2) is 0 Å². The molecule has 15 heavy (non-hydrogen) atoms. The van der Waals surface area contributed by atoms with Gasteiger partial charge in [0.15, 0.2) is 12.1 Å². The maximum absolute atomic E-state index is 10.1. The normalized spacial score (nSPS) is 56.6. The summed E-state index contributed by atoms with van der Waals surface area (Å²) in [5.74, 6) is -2.80. The lowest BCUT2D eigenvalue weighted by Crippen LogP contribution is -2.55. The Labute approximate surface area is 97.7 Å². The van der Waals surface area contributed by atoms with Crippen LogP contribution in [0.25, 0.3) is 0 Å². The van der Waals surface area contributed by atoms with E-state index in [1.165, 1.54) is 7.11 Å². The summed E-state index contributed by atoms with van der Waals surface area (Å²) < 4.78 is 65.7. The Morgan fingerprint density at radius 3 is 2.60 bits per heavy atom. The number of hydrogen-bond acceptors (Lipinski definition) is 5. The molecule has 0 radical (unpaired) electrons. The van der Waals surface area contributed by atoms with Crippen LogP contribution in [0.5, 0.6) is 0 Å². The third-order valence-corrected chi connectivity index (χ3v) is 2.59. The van der Waals surface area contributed by atoms with Crippen molar-refractivity contribution >= 4 is 0 Å². The summed E-state index contributed by atoms with van der Waals surface area (Å²) in [5.41, 5.74) is 0. The zero-order chi connectivity index (χ0) is 16.2. The lowest BCUT2D eigenvalue weighted by molar-refractivity contribution is -0.265. The van der Waals surface area contributed by atoms with Crippen LogP contribution in [0.15, 0.2) is 0 Å². The first kappa shape index (κ1) is 5.93. The molecule has 2 fully saturated rings. The first-order chi connectivity index (χ1) is 9.44. The van der Waals surface area contributed by atoms with Gasteiger partial charge in [-0.05, 0) is 20.6 Å². The van der Waals surface area contributed by atoms with Crippen molar-refractivity contribution in [2.75, 3.05) is 7.11 Å². The second-order valence-corrected chi connectivity index (χ2v) is 3.72. The minimum absolute atomic E-state index is 0.699. The molecule has 2 heterocycles. The molecular formula is C10H18O5. The molecule has 0 aromatic heterocycles. The lowest BCUT2D eigenvalue weighted by Gasteiger charge is -2.37. The topological polar surface area (TPSA) is 57.2 Å². The molecular weight excluding hydrogens is 200 g/mol. The van der Waals surface area contributed by atoms with Crippen molar-refractivity contribution in [3.05, 3.63) is 0 Å². The van der Waals surface area contributed by atoms with Crippen LogP contribution in [-0.2, 0) is 18.9 Å². The van der Waals surface area contributed by atoms with Gasteiger partial charge < -0.3 is 24.1 Å². The molecule has 0 aromatic rings. The van der Waals surface area contributed by atoms with Crippen LogP contribution >= 0.6 is 0 Å². The van der Waals surface area contributed by atoms with E-state index >= 15 is 0 Å². The summed E-state index contributed by atoms with van der Waals surface area (Å²) in [6, 6.07) is 0. The maximum atomic E-state index is 10.1. The zero-order valence-corrected chi connectivity index (χ0v) is 8.47. The second-order valence-electron chi connectivity index (χ2n) is 3.72. The third-order valence-electron chi connectivity index (χ3n) is 2.59. The van der Waals surface area contributed by atoms with Crippen LogP contribution < -0.4 is 0 Å². The molecule has 0 aromatic carbocycles. The summed E-state index contributed by atoms with van der Waals surface area (Å²) in [4.78, 5) is 0. The summed E-state index contributed by atoms with van der Waals surface area (Å²) in [6.45, 7) is -4.55. The highest BCUT2D eigenvalue weighted by atomic mass is 16.8. The monoisotopic (exact) mass is 224 g/mol. The van der Waals surface area contributed by atoms with Crippen LogP contribution in [-0.4, -0.2) is 48.7 Å². The fourth-order valence-corrected chi connectivity index (χ4v) is 1.89. The van der Waals surface area contributed by atoms with Gasteiger partial charge in [0, 0.05) is 15.3 Å². The average molecular weight is 224 g/mol. The zero-order valence-electron chi connectivity index (χ0n) is 14.5. The molecule has 2 aliphatic heterocycles. The summed E-state index contributed by atoms with van der Waals surface area (Å²) in [5, 5.41) is 10.1. The molecule has 0 bridgehead atoms. The number of methoxy groups -OCH3 is 1. The van der Waals surface area contributed by atoms with Gasteiger partial charge in [0.25, 0.3) is 0 Å². The molecule has 0 spiro atoms. The largest absolute Gasteiger partial charge is 0.385 e. The molecule has 0 aliphatic carbocycles. The van der Waals surface area contributed by atoms with E-state index in [9.17, 15) is 5.11 Å². The van der Waals surface area contributed by atoms with Crippen molar-refractivity contribution in [1.29, 1.82) is 0 Å². The van der Waals surface area contributed by atoms with Gasteiger partial charge in [0.05, 0.1) is 6.10 Å². The van der Waals surface area contributed by atoms with Crippen molar-refractivity contribution in [1.82, 2.24) is 0 Å². The molecule has 0 amide bonds. The molecule has 2 saturated heterocycles. The highest BCUT2D eigenvalue weighted by Gasteiger charge is 2.53. The Morgan fingerprint density at radius 2 is 2.00 bits per heavy atom. The fourth-order valence-electron chi connectivity index (χ4n) is 1.89. The molecule has 0 unspecified atom stereocenters. The lowest BCUT2D eigenvalue weighted by atomic mass is 10.0. The number of hydrogen-bond donors (Lipinski definition) is 1. The Morgan fingerprint density at radius 1 is 1.33 bits per heavy atom. The number of ether oxygens (including phenoxy) is 4.